The second-order valence-electron chi connectivity index (χ2n) is 3.41. The molecule has 1 aliphatic heterocycles. The molecule has 0 aliphatic carbocycles. The van der Waals surface area contributed by atoms with Gasteiger partial charge in [-0.2, -0.15) is 0 Å². The van der Waals surface area contributed by atoms with Crippen LogP contribution in [0.1, 0.15) is 26.7 Å². The van der Waals surface area contributed by atoms with E-state index in [0.29, 0.717) is 11.9 Å². The van der Waals surface area contributed by atoms with Crippen molar-refractivity contribution in [3.63, 3.8) is 0 Å². The zero-order chi connectivity index (χ0) is 8.97. The molecule has 1 fully saturated rings. The van der Waals surface area contributed by atoms with E-state index in [0.717, 1.165) is 16.3 Å². The summed E-state index contributed by atoms with van der Waals surface area (Å²) in [6.45, 7) is 4.92. The van der Waals surface area contributed by atoms with Crippen LogP contribution in [0.3, 0.4) is 0 Å². The summed E-state index contributed by atoms with van der Waals surface area (Å²) >= 11 is 4.00. The van der Waals surface area contributed by atoms with Gasteiger partial charge in [-0.3, -0.25) is 0 Å². The number of hydrogen-bond donors (Lipinski definition) is 1. The van der Waals surface area contributed by atoms with Gasteiger partial charge in [0.25, 0.3) is 0 Å². The summed E-state index contributed by atoms with van der Waals surface area (Å²) in [5.74, 6) is 1.95. The van der Waals surface area contributed by atoms with Crippen molar-refractivity contribution >= 4 is 23.5 Å². The van der Waals surface area contributed by atoms with Gasteiger partial charge in [-0.05, 0) is 12.3 Å². The van der Waals surface area contributed by atoms with Gasteiger partial charge in [0.05, 0.1) is 11.2 Å². The third-order valence-electron chi connectivity index (χ3n) is 2.19. The molecule has 0 aromatic carbocycles. The molecule has 1 N–H and O–H groups in total. The summed E-state index contributed by atoms with van der Waals surface area (Å²) in [7, 11) is 0. The molecule has 12 heavy (non-hydrogen) atoms. The van der Waals surface area contributed by atoms with Gasteiger partial charge in [0.1, 0.15) is 0 Å². The molecule has 1 aliphatic rings. The van der Waals surface area contributed by atoms with Crippen LogP contribution in [-0.4, -0.2) is 27.3 Å². The molecule has 3 atom stereocenters. The monoisotopic (exact) mass is 206 g/mol. The van der Waals surface area contributed by atoms with Crippen molar-refractivity contribution in [1.29, 1.82) is 0 Å². The fraction of sp³-hybridized carbons (Fsp3) is 1.00. The Morgan fingerprint density at radius 1 is 1.58 bits per heavy atom. The van der Waals surface area contributed by atoms with Crippen LogP contribution >= 0.6 is 23.5 Å². The topological polar surface area (TPSA) is 20.2 Å². The average Bonchev–Trinajstić information content (AvgIpc) is 2.52. The molecule has 0 bridgehead atoms. The van der Waals surface area contributed by atoms with Crippen molar-refractivity contribution in [2.24, 2.45) is 5.92 Å². The third-order valence-corrected chi connectivity index (χ3v) is 5.96. The van der Waals surface area contributed by atoms with Crippen molar-refractivity contribution in [2.75, 3.05) is 12.4 Å². The maximum atomic E-state index is 8.96. The molecule has 0 aromatic heterocycles. The Labute approximate surface area is 83.7 Å². The van der Waals surface area contributed by atoms with Gasteiger partial charge in [0.2, 0.25) is 0 Å². The van der Waals surface area contributed by atoms with E-state index in [4.69, 9.17) is 5.11 Å². The molecule has 3 unspecified atom stereocenters. The summed E-state index contributed by atoms with van der Waals surface area (Å²) < 4.78 is 0.738. The number of rotatable bonds is 4. The quantitative estimate of drug-likeness (QED) is 0.763. The van der Waals surface area contributed by atoms with E-state index < -0.39 is 0 Å². The second-order valence-corrected chi connectivity index (χ2v) is 6.33. The molecule has 1 nitrogen and oxygen atoms in total. The van der Waals surface area contributed by atoms with Crippen LogP contribution in [0.15, 0.2) is 0 Å². The van der Waals surface area contributed by atoms with Crippen LogP contribution in [0.4, 0.5) is 0 Å². The first-order chi connectivity index (χ1) is 5.77. The van der Waals surface area contributed by atoms with Crippen LogP contribution in [-0.2, 0) is 0 Å². The van der Waals surface area contributed by atoms with Crippen molar-refractivity contribution < 1.29 is 5.11 Å². The van der Waals surface area contributed by atoms with Gasteiger partial charge in [-0.1, -0.05) is 20.3 Å². The van der Waals surface area contributed by atoms with Crippen molar-refractivity contribution in [1.82, 2.24) is 0 Å². The van der Waals surface area contributed by atoms with Gasteiger partial charge < -0.3 is 5.11 Å². The highest BCUT2D eigenvalue weighted by atomic mass is 32.2. The first-order valence-electron chi connectivity index (χ1n) is 4.65. The van der Waals surface area contributed by atoms with Gasteiger partial charge >= 0.3 is 0 Å². The molecule has 0 radical (unpaired) electrons. The van der Waals surface area contributed by atoms with E-state index in [1.54, 1.807) is 0 Å². The predicted octanol–water partition coefficient (Wildman–Crippen LogP) is 2.59. The lowest BCUT2D eigenvalue weighted by molar-refractivity contribution is 0.301. The highest BCUT2D eigenvalue weighted by Gasteiger charge is 2.28. The van der Waals surface area contributed by atoms with E-state index in [1.165, 1.54) is 12.8 Å². The maximum absolute atomic E-state index is 8.96. The molecule has 0 aromatic rings. The number of hydrogen-bond acceptors (Lipinski definition) is 3. The highest BCUT2D eigenvalue weighted by molar-refractivity contribution is 8.20. The van der Waals surface area contributed by atoms with E-state index in [9.17, 15) is 0 Å². The van der Waals surface area contributed by atoms with Crippen LogP contribution < -0.4 is 0 Å². The smallest absolute Gasteiger partial charge is 0.0558 e. The van der Waals surface area contributed by atoms with E-state index in [1.807, 2.05) is 23.5 Å². The standard InChI is InChI=1S/C9H18OS2/c1-3-4-7(2)9-11-6-8(5-10)12-9/h7-10H,3-6H2,1-2H3. The lowest BCUT2D eigenvalue weighted by Crippen LogP contribution is -2.09. The molecular formula is C9H18OS2. The molecule has 1 heterocycles. The summed E-state index contributed by atoms with van der Waals surface area (Å²) in [5.41, 5.74) is 0. The van der Waals surface area contributed by atoms with Crippen LogP contribution in [0.25, 0.3) is 0 Å². The minimum atomic E-state index is 0.354. The third kappa shape index (κ3) is 2.86. The summed E-state index contributed by atoms with van der Waals surface area (Å²) in [6.07, 6.45) is 2.60. The average molecular weight is 206 g/mol. The molecule has 1 saturated heterocycles. The molecular weight excluding hydrogens is 188 g/mol. The fourth-order valence-corrected chi connectivity index (χ4v) is 4.87. The molecule has 0 saturated carbocycles. The normalized spacial score (nSPS) is 32.2. The van der Waals surface area contributed by atoms with Crippen molar-refractivity contribution in [3.8, 4) is 0 Å². The van der Waals surface area contributed by atoms with Crippen molar-refractivity contribution in [2.45, 2.75) is 36.5 Å². The van der Waals surface area contributed by atoms with E-state index in [2.05, 4.69) is 13.8 Å². The fourth-order valence-electron chi connectivity index (χ4n) is 1.46. The summed E-state index contributed by atoms with van der Waals surface area (Å²) in [6, 6.07) is 0. The van der Waals surface area contributed by atoms with Gasteiger partial charge in [-0.25, -0.2) is 0 Å². The largest absolute Gasteiger partial charge is 0.395 e. The SMILES string of the molecule is CCCC(C)C1SCC(CO)S1. The zero-order valence-corrected chi connectivity index (χ0v) is 9.46. The number of aliphatic hydroxyl groups is 1. The summed E-state index contributed by atoms with van der Waals surface area (Å²) in [5, 5.41) is 9.46. The summed E-state index contributed by atoms with van der Waals surface area (Å²) in [4.78, 5) is 0. The van der Waals surface area contributed by atoms with Gasteiger partial charge in [-0.15, -0.1) is 23.5 Å². The molecule has 3 heteroatoms. The molecule has 0 amide bonds. The molecule has 0 spiro atoms. The van der Waals surface area contributed by atoms with Gasteiger partial charge in [0, 0.05) is 11.0 Å². The first kappa shape index (κ1) is 10.7. The Morgan fingerprint density at radius 2 is 2.33 bits per heavy atom. The Balaban J connectivity index is 2.25. The van der Waals surface area contributed by atoms with E-state index in [-0.39, 0.29) is 0 Å². The minimum absolute atomic E-state index is 0.354. The van der Waals surface area contributed by atoms with E-state index >= 15 is 0 Å². The Hall–Kier alpha value is 0.660. The predicted molar refractivity (Wildman–Crippen MR) is 58.8 cm³/mol. The second kappa shape index (κ2) is 5.40. The van der Waals surface area contributed by atoms with Crippen LogP contribution in [0.2, 0.25) is 0 Å². The Morgan fingerprint density at radius 3 is 2.83 bits per heavy atom. The lowest BCUT2D eigenvalue weighted by Gasteiger charge is -2.16. The minimum Gasteiger partial charge on any atom is -0.395 e. The van der Waals surface area contributed by atoms with Crippen LogP contribution in [0.5, 0.6) is 0 Å². The molecule has 1 rings (SSSR count). The zero-order valence-electron chi connectivity index (χ0n) is 7.82. The van der Waals surface area contributed by atoms with Crippen LogP contribution in [0, 0.1) is 5.92 Å². The van der Waals surface area contributed by atoms with Crippen molar-refractivity contribution in [3.05, 3.63) is 0 Å². The Kier molecular flexibility index (Phi) is 4.84. The van der Waals surface area contributed by atoms with Gasteiger partial charge in [0.15, 0.2) is 0 Å². The number of aliphatic hydroxyl groups excluding tert-OH is 1. The first-order valence-corrected chi connectivity index (χ1v) is 6.65. The molecule has 72 valence electrons. The maximum Gasteiger partial charge on any atom is 0.0558 e. The number of thioether (sulfide) groups is 2. The highest BCUT2D eigenvalue weighted by Crippen LogP contribution is 2.42. The Bertz CT molecular complexity index is 130. The lowest BCUT2D eigenvalue weighted by atomic mass is 10.1.